The lowest BCUT2D eigenvalue weighted by Crippen LogP contribution is -2.56. The third-order valence-corrected chi connectivity index (χ3v) is 7.78. The van der Waals surface area contributed by atoms with Crippen LogP contribution in [0.2, 0.25) is 0 Å². The number of benzene rings is 1. The highest BCUT2D eigenvalue weighted by Crippen LogP contribution is 2.42. The Kier molecular flexibility index (Phi) is 6.45. The lowest BCUT2D eigenvalue weighted by molar-refractivity contribution is -0.137. The van der Waals surface area contributed by atoms with Gasteiger partial charge in [-0.2, -0.15) is 13.2 Å². The zero-order valence-electron chi connectivity index (χ0n) is 19.5. The molecule has 2 saturated heterocycles. The number of methoxy groups -OCH3 is 1. The topological polar surface area (TPSA) is 77.6 Å². The summed E-state index contributed by atoms with van der Waals surface area (Å²) in [4.78, 5) is 30.3. The summed E-state index contributed by atoms with van der Waals surface area (Å²) in [5, 5.41) is -0.492. The number of rotatable bonds is 5. The summed E-state index contributed by atoms with van der Waals surface area (Å²) in [5.74, 6) is 0.340. The molecule has 2 aliphatic rings. The molecular formula is C23H27F3N6O2S. The van der Waals surface area contributed by atoms with Crippen molar-refractivity contribution in [2.45, 2.75) is 31.7 Å². The molecule has 2 fully saturated rings. The van der Waals surface area contributed by atoms with Crippen LogP contribution in [0.1, 0.15) is 18.4 Å². The highest BCUT2D eigenvalue weighted by molar-refractivity contribution is 7.16. The van der Waals surface area contributed by atoms with Gasteiger partial charge in [0.2, 0.25) is 10.9 Å². The molecule has 1 N–H and O–H groups in total. The summed E-state index contributed by atoms with van der Waals surface area (Å²) in [5.41, 5.74) is 1.58. The number of thiazole rings is 1. The predicted molar refractivity (Wildman–Crippen MR) is 127 cm³/mol. The molecule has 2 atom stereocenters. The number of nitrogens with zero attached hydrogens (tertiary/aromatic N) is 5. The fourth-order valence-electron chi connectivity index (χ4n) is 4.79. The molecule has 0 spiro atoms. The number of para-hydroxylation sites is 2. The van der Waals surface area contributed by atoms with Crippen molar-refractivity contribution in [2.24, 2.45) is 0 Å². The van der Waals surface area contributed by atoms with Crippen LogP contribution >= 0.6 is 11.3 Å². The van der Waals surface area contributed by atoms with Crippen molar-refractivity contribution < 1.29 is 22.7 Å². The summed E-state index contributed by atoms with van der Waals surface area (Å²) >= 11 is 0.622. The van der Waals surface area contributed by atoms with E-state index in [0.29, 0.717) is 53.9 Å². The van der Waals surface area contributed by atoms with Crippen molar-refractivity contribution in [3.05, 3.63) is 29.3 Å². The Morgan fingerprint density at radius 2 is 2.00 bits per heavy atom. The number of anilines is 1. The standard InChI is InChI=1S/C23H27F3N6O2S/c1-14-11-31(9-10-32(14)18(33)13-30-8-7-15(12-30)34-2)21-19(29-22(35-21)23(24,25)26)20-27-16-5-3-4-6-17(16)28-20/h3-6,14-15H,7-13H2,1-2H3,(H,27,28)/t14-,15?/m1/s1. The van der Waals surface area contributed by atoms with Crippen LogP contribution in [0, 0.1) is 0 Å². The number of fused-ring (bicyclic) bond motifs is 1. The summed E-state index contributed by atoms with van der Waals surface area (Å²) in [7, 11) is 1.68. The molecule has 2 aliphatic heterocycles. The Hall–Kier alpha value is -2.70. The number of halogens is 3. The third-order valence-electron chi connectivity index (χ3n) is 6.62. The molecule has 8 nitrogen and oxygen atoms in total. The molecule has 1 amide bonds. The van der Waals surface area contributed by atoms with Gasteiger partial charge in [-0.05, 0) is 25.5 Å². The van der Waals surface area contributed by atoms with Crippen LogP contribution in [-0.4, -0.2) is 89.2 Å². The number of ether oxygens (including phenoxy) is 1. The molecule has 0 radical (unpaired) electrons. The van der Waals surface area contributed by atoms with Gasteiger partial charge in [-0.1, -0.05) is 23.5 Å². The molecule has 12 heteroatoms. The monoisotopic (exact) mass is 508 g/mol. The molecule has 3 aromatic rings. The van der Waals surface area contributed by atoms with E-state index in [2.05, 4.69) is 19.9 Å². The molecule has 0 bridgehead atoms. The predicted octanol–water partition coefficient (Wildman–Crippen LogP) is 3.46. The van der Waals surface area contributed by atoms with E-state index in [1.165, 1.54) is 0 Å². The van der Waals surface area contributed by atoms with Crippen LogP contribution in [0.25, 0.3) is 22.6 Å². The molecule has 1 unspecified atom stereocenters. The SMILES string of the molecule is COC1CCN(CC(=O)N2CCN(c3sc(C(F)(F)F)nc3-c3nc4ccccc4[nH]3)C[C@H]2C)C1. The van der Waals surface area contributed by atoms with Gasteiger partial charge in [0, 0.05) is 45.9 Å². The fraction of sp³-hybridized carbons (Fsp3) is 0.522. The highest BCUT2D eigenvalue weighted by Gasteiger charge is 2.39. The molecule has 188 valence electrons. The van der Waals surface area contributed by atoms with E-state index in [4.69, 9.17) is 4.74 Å². The van der Waals surface area contributed by atoms with Gasteiger partial charge in [0.1, 0.15) is 10.7 Å². The number of likely N-dealkylation sites (tertiary alicyclic amines) is 1. The van der Waals surface area contributed by atoms with E-state index in [0.717, 1.165) is 25.0 Å². The van der Waals surface area contributed by atoms with Gasteiger partial charge in [-0.25, -0.2) is 9.97 Å². The summed E-state index contributed by atoms with van der Waals surface area (Å²) < 4.78 is 46.2. The van der Waals surface area contributed by atoms with Crippen molar-refractivity contribution in [1.29, 1.82) is 0 Å². The molecule has 4 heterocycles. The van der Waals surface area contributed by atoms with Crippen molar-refractivity contribution >= 4 is 33.3 Å². The number of aromatic nitrogens is 3. The van der Waals surface area contributed by atoms with E-state index < -0.39 is 11.2 Å². The fourth-order valence-corrected chi connectivity index (χ4v) is 5.76. The Labute approximate surface area is 204 Å². The second-order valence-corrected chi connectivity index (χ2v) is 10.0. The molecule has 1 aromatic carbocycles. The number of H-pyrrole nitrogens is 1. The summed E-state index contributed by atoms with van der Waals surface area (Å²) in [6.07, 6.45) is -3.49. The summed E-state index contributed by atoms with van der Waals surface area (Å²) in [6, 6.07) is 7.13. The quantitative estimate of drug-likeness (QED) is 0.569. The van der Waals surface area contributed by atoms with E-state index in [1.807, 2.05) is 34.9 Å². The van der Waals surface area contributed by atoms with Gasteiger partial charge < -0.3 is 19.5 Å². The molecule has 0 aliphatic carbocycles. The molecule has 35 heavy (non-hydrogen) atoms. The van der Waals surface area contributed by atoms with Crippen molar-refractivity contribution in [1.82, 2.24) is 24.8 Å². The molecule has 5 rings (SSSR count). The van der Waals surface area contributed by atoms with Gasteiger partial charge >= 0.3 is 6.18 Å². The second kappa shape index (κ2) is 9.40. The second-order valence-electron chi connectivity index (χ2n) is 9.04. The average molecular weight is 509 g/mol. The minimum Gasteiger partial charge on any atom is -0.380 e. The number of amides is 1. The van der Waals surface area contributed by atoms with Gasteiger partial charge in [0.15, 0.2) is 5.82 Å². The summed E-state index contributed by atoms with van der Waals surface area (Å²) in [6.45, 7) is 5.08. The first-order valence-electron chi connectivity index (χ1n) is 11.6. The van der Waals surface area contributed by atoms with Crippen molar-refractivity contribution in [2.75, 3.05) is 51.3 Å². The van der Waals surface area contributed by atoms with Crippen LogP contribution in [0.5, 0.6) is 0 Å². The zero-order valence-corrected chi connectivity index (χ0v) is 20.3. The number of hydrogen-bond acceptors (Lipinski definition) is 7. The Bertz CT molecular complexity index is 1180. The normalized spacial score (nSPS) is 21.9. The van der Waals surface area contributed by atoms with Crippen LogP contribution < -0.4 is 4.90 Å². The molecule has 0 saturated carbocycles. The Morgan fingerprint density at radius 3 is 2.69 bits per heavy atom. The number of piperazine rings is 1. The first-order valence-corrected chi connectivity index (χ1v) is 12.4. The molecule has 2 aromatic heterocycles. The van der Waals surface area contributed by atoms with Gasteiger partial charge in [-0.15, -0.1) is 0 Å². The maximum atomic E-state index is 13.6. The number of hydrogen-bond donors (Lipinski definition) is 1. The van der Waals surface area contributed by atoms with Gasteiger partial charge in [0.25, 0.3) is 0 Å². The van der Waals surface area contributed by atoms with Gasteiger partial charge in [-0.3, -0.25) is 9.69 Å². The van der Waals surface area contributed by atoms with Crippen LogP contribution in [-0.2, 0) is 15.7 Å². The number of nitrogens with one attached hydrogen (secondary N) is 1. The number of carbonyl (C=O) groups is 1. The number of imidazole rings is 1. The lowest BCUT2D eigenvalue weighted by Gasteiger charge is -2.41. The maximum Gasteiger partial charge on any atom is 0.443 e. The number of carbonyl (C=O) groups excluding carboxylic acids is 1. The largest absolute Gasteiger partial charge is 0.443 e. The van der Waals surface area contributed by atoms with E-state index in [-0.39, 0.29) is 23.7 Å². The third kappa shape index (κ3) is 4.87. The minimum absolute atomic E-state index is 0.0340. The smallest absolute Gasteiger partial charge is 0.380 e. The first kappa shape index (κ1) is 24.0. The van der Waals surface area contributed by atoms with E-state index >= 15 is 0 Å². The van der Waals surface area contributed by atoms with Crippen LogP contribution in [0.3, 0.4) is 0 Å². The van der Waals surface area contributed by atoms with Gasteiger partial charge in [0.05, 0.1) is 23.7 Å². The van der Waals surface area contributed by atoms with Crippen molar-refractivity contribution in [3.8, 4) is 11.5 Å². The minimum atomic E-state index is -4.55. The molecular weight excluding hydrogens is 481 g/mol. The number of aromatic amines is 1. The first-order chi connectivity index (χ1) is 16.7. The zero-order chi connectivity index (χ0) is 24.7. The van der Waals surface area contributed by atoms with E-state index in [9.17, 15) is 18.0 Å². The maximum absolute atomic E-state index is 13.6. The van der Waals surface area contributed by atoms with Crippen molar-refractivity contribution in [3.63, 3.8) is 0 Å². The lowest BCUT2D eigenvalue weighted by atomic mass is 10.2. The Balaban J connectivity index is 1.35. The number of alkyl halides is 3. The van der Waals surface area contributed by atoms with E-state index in [1.54, 1.807) is 13.2 Å². The Morgan fingerprint density at radius 1 is 1.20 bits per heavy atom. The average Bonchev–Trinajstić information content (AvgIpc) is 3.55. The highest BCUT2D eigenvalue weighted by atomic mass is 32.1. The van der Waals surface area contributed by atoms with Crippen LogP contribution in [0.15, 0.2) is 24.3 Å². The van der Waals surface area contributed by atoms with Crippen LogP contribution in [0.4, 0.5) is 18.2 Å².